The van der Waals surface area contributed by atoms with E-state index < -0.39 is 17.7 Å². The van der Waals surface area contributed by atoms with Gasteiger partial charge in [0.1, 0.15) is 11.5 Å². The minimum atomic E-state index is -0.820. The molecule has 1 unspecified atom stereocenters. The van der Waals surface area contributed by atoms with E-state index in [0.717, 1.165) is 5.69 Å². The summed E-state index contributed by atoms with van der Waals surface area (Å²) >= 11 is 0. The highest BCUT2D eigenvalue weighted by Crippen LogP contribution is 2.42. The van der Waals surface area contributed by atoms with E-state index in [0.29, 0.717) is 29.2 Å². The van der Waals surface area contributed by atoms with Gasteiger partial charge in [-0.2, -0.15) is 0 Å². The number of pyridine rings is 1. The average molecular weight is 444 g/mol. The van der Waals surface area contributed by atoms with Crippen molar-refractivity contribution in [1.82, 2.24) is 4.98 Å². The Labute approximate surface area is 192 Å². The standard InChI is InChI=1S/C26H25N3O4/c1-4-33-21-9-5-7-17(15-21)24(30)22-23(18-8-6-14-27-16-18)29(26(32)25(22)31)20-12-10-19(11-13-20)28(2)3/h5-16,23,30H,4H2,1-3H3/b24-22+. The minimum absolute atomic E-state index is 0.0123. The molecular weight excluding hydrogens is 418 g/mol. The monoisotopic (exact) mass is 443 g/mol. The van der Waals surface area contributed by atoms with Crippen molar-refractivity contribution in [2.24, 2.45) is 0 Å². The van der Waals surface area contributed by atoms with Gasteiger partial charge in [0.25, 0.3) is 11.7 Å². The van der Waals surface area contributed by atoms with E-state index in [-0.39, 0.29) is 11.3 Å². The molecule has 0 saturated carbocycles. The lowest BCUT2D eigenvalue weighted by Gasteiger charge is -2.25. The maximum absolute atomic E-state index is 13.2. The molecule has 1 N–H and O–H groups in total. The maximum atomic E-state index is 13.2. The Kier molecular flexibility index (Phi) is 6.13. The molecule has 0 radical (unpaired) electrons. The number of rotatable bonds is 6. The third-order valence-corrected chi connectivity index (χ3v) is 5.51. The van der Waals surface area contributed by atoms with Gasteiger partial charge in [0, 0.05) is 43.4 Å². The molecule has 1 saturated heterocycles. The van der Waals surface area contributed by atoms with Crippen LogP contribution in [0.5, 0.6) is 5.75 Å². The zero-order valence-corrected chi connectivity index (χ0v) is 18.7. The third-order valence-electron chi connectivity index (χ3n) is 5.51. The predicted molar refractivity (Wildman–Crippen MR) is 127 cm³/mol. The van der Waals surface area contributed by atoms with Crippen molar-refractivity contribution in [3.05, 3.63) is 89.8 Å². The van der Waals surface area contributed by atoms with E-state index in [1.807, 2.05) is 38.1 Å². The summed E-state index contributed by atoms with van der Waals surface area (Å²) in [6, 6.07) is 16.9. The van der Waals surface area contributed by atoms with E-state index in [2.05, 4.69) is 4.98 Å². The van der Waals surface area contributed by atoms with Gasteiger partial charge < -0.3 is 14.7 Å². The first-order valence-electron chi connectivity index (χ1n) is 10.6. The van der Waals surface area contributed by atoms with Crippen molar-refractivity contribution >= 4 is 28.8 Å². The molecule has 1 aliphatic heterocycles. The molecular formula is C26H25N3O4. The molecule has 2 heterocycles. The van der Waals surface area contributed by atoms with Crippen molar-refractivity contribution < 1.29 is 19.4 Å². The van der Waals surface area contributed by atoms with Gasteiger partial charge in [0.15, 0.2) is 0 Å². The second-order valence-electron chi connectivity index (χ2n) is 7.83. The van der Waals surface area contributed by atoms with Crippen molar-refractivity contribution in [2.45, 2.75) is 13.0 Å². The quantitative estimate of drug-likeness (QED) is 0.350. The number of anilines is 2. The summed E-state index contributed by atoms with van der Waals surface area (Å²) < 4.78 is 5.53. The molecule has 1 fully saturated rings. The largest absolute Gasteiger partial charge is 0.507 e. The number of carbonyl (C=O) groups excluding carboxylic acids is 2. The number of nitrogens with zero attached hydrogens (tertiary/aromatic N) is 3. The molecule has 1 atom stereocenters. The first kappa shape index (κ1) is 22.1. The highest BCUT2D eigenvalue weighted by Gasteiger charge is 2.47. The van der Waals surface area contributed by atoms with Crippen LogP contribution in [0, 0.1) is 0 Å². The normalized spacial score (nSPS) is 17.3. The molecule has 1 aliphatic rings. The fourth-order valence-corrected chi connectivity index (χ4v) is 3.92. The van der Waals surface area contributed by atoms with Crippen molar-refractivity contribution in [1.29, 1.82) is 0 Å². The number of aliphatic hydroxyl groups is 1. The molecule has 0 spiro atoms. The molecule has 1 aromatic heterocycles. The van der Waals surface area contributed by atoms with Crippen molar-refractivity contribution in [3.8, 4) is 5.75 Å². The van der Waals surface area contributed by atoms with Crippen LogP contribution in [-0.4, -0.2) is 42.5 Å². The second-order valence-corrected chi connectivity index (χ2v) is 7.83. The predicted octanol–water partition coefficient (Wildman–Crippen LogP) is 4.17. The topological polar surface area (TPSA) is 83.0 Å². The second kappa shape index (κ2) is 9.16. The van der Waals surface area contributed by atoms with Crippen LogP contribution in [0.3, 0.4) is 0 Å². The molecule has 7 heteroatoms. The van der Waals surface area contributed by atoms with Gasteiger partial charge in [-0.25, -0.2) is 0 Å². The smallest absolute Gasteiger partial charge is 0.300 e. The lowest BCUT2D eigenvalue weighted by atomic mass is 9.96. The molecule has 0 aliphatic carbocycles. The Balaban J connectivity index is 1.88. The van der Waals surface area contributed by atoms with Crippen LogP contribution in [0.25, 0.3) is 5.76 Å². The van der Waals surface area contributed by atoms with Crippen LogP contribution in [0.4, 0.5) is 11.4 Å². The number of aliphatic hydroxyl groups excluding tert-OH is 1. The number of benzene rings is 2. The Hall–Kier alpha value is -4.13. The summed E-state index contributed by atoms with van der Waals surface area (Å²) in [6.45, 7) is 2.33. The van der Waals surface area contributed by atoms with Gasteiger partial charge in [0.2, 0.25) is 0 Å². The highest BCUT2D eigenvalue weighted by molar-refractivity contribution is 6.51. The number of carbonyl (C=O) groups is 2. The van der Waals surface area contributed by atoms with E-state index in [1.54, 1.807) is 60.9 Å². The van der Waals surface area contributed by atoms with E-state index in [9.17, 15) is 14.7 Å². The lowest BCUT2D eigenvalue weighted by Crippen LogP contribution is -2.29. The fraction of sp³-hybridized carbons (Fsp3) is 0.192. The van der Waals surface area contributed by atoms with Gasteiger partial charge in [0.05, 0.1) is 18.2 Å². The summed E-state index contributed by atoms with van der Waals surface area (Å²) in [5, 5.41) is 11.2. The number of ether oxygens (including phenoxy) is 1. The van der Waals surface area contributed by atoms with Crippen molar-refractivity contribution in [3.63, 3.8) is 0 Å². The summed E-state index contributed by atoms with van der Waals surface area (Å²) in [5.41, 5.74) is 2.55. The number of amides is 1. The van der Waals surface area contributed by atoms with Crippen LogP contribution in [0.2, 0.25) is 0 Å². The zero-order chi connectivity index (χ0) is 23.5. The number of Topliss-reactive ketones (excluding diaryl/α,β-unsaturated/α-hetero) is 1. The molecule has 168 valence electrons. The summed E-state index contributed by atoms with van der Waals surface area (Å²) in [7, 11) is 3.85. The van der Waals surface area contributed by atoms with Crippen molar-refractivity contribution in [2.75, 3.05) is 30.5 Å². The molecule has 0 bridgehead atoms. The summed E-state index contributed by atoms with van der Waals surface area (Å²) in [6.07, 6.45) is 3.22. The van der Waals surface area contributed by atoms with Crippen LogP contribution in [0.1, 0.15) is 24.1 Å². The van der Waals surface area contributed by atoms with Gasteiger partial charge >= 0.3 is 0 Å². The zero-order valence-electron chi connectivity index (χ0n) is 18.7. The van der Waals surface area contributed by atoms with E-state index in [4.69, 9.17) is 4.74 Å². The SMILES string of the molecule is CCOc1cccc(/C(O)=C2\C(=O)C(=O)N(c3ccc(N(C)C)cc3)C2c2cccnc2)c1. The first-order chi connectivity index (χ1) is 15.9. The highest BCUT2D eigenvalue weighted by atomic mass is 16.5. The summed E-state index contributed by atoms with van der Waals surface area (Å²) in [4.78, 5) is 33.9. The van der Waals surface area contributed by atoms with Crippen LogP contribution in [-0.2, 0) is 9.59 Å². The van der Waals surface area contributed by atoms with E-state index >= 15 is 0 Å². The van der Waals surface area contributed by atoms with Gasteiger partial charge in [-0.1, -0.05) is 18.2 Å². The molecule has 3 aromatic rings. The minimum Gasteiger partial charge on any atom is -0.507 e. The van der Waals surface area contributed by atoms with E-state index in [1.165, 1.54) is 4.90 Å². The number of ketones is 1. The fourth-order valence-electron chi connectivity index (χ4n) is 3.92. The van der Waals surface area contributed by atoms with Gasteiger partial charge in [-0.3, -0.25) is 19.5 Å². The third kappa shape index (κ3) is 4.17. The Bertz CT molecular complexity index is 1200. The number of aromatic nitrogens is 1. The number of hydrogen-bond acceptors (Lipinski definition) is 6. The average Bonchev–Trinajstić information content (AvgIpc) is 3.10. The first-order valence-corrected chi connectivity index (χ1v) is 10.6. The molecule has 33 heavy (non-hydrogen) atoms. The number of hydrogen-bond donors (Lipinski definition) is 1. The Morgan fingerprint density at radius 3 is 2.48 bits per heavy atom. The van der Waals surface area contributed by atoms with Crippen LogP contribution in [0.15, 0.2) is 78.6 Å². The van der Waals surface area contributed by atoms with Crippen LogP contribution < -0.4 is 14.5 Å². The van der Waals surface area contributed by atoms with Crippen LogP contribution >= 0.6 is 0 Å². The lowest BCUT2D eigenvalue weighted by molar-refractivity contribution is -0.132. The Morgan fingerprint density at radius 2 is 1.85 bits per heavy atom. The van der Waals surface area contributed by atoms with Gasteiger partial charge in [-0.05, 0) is 55.0 Å². The Morgan fingerprint density at radius 1 is 1.09 bits per heavy atom. The molecule has 4 rings (SSSR count). The molecule has 7 nitrogen and oxygen atoms in total. The molecule has 1 amide bonds. The maximum Gasteiger partial charge on any atom is 0.300 e. The summed E-state index contributed by atoms with van der Waals surface area (Å²) in [5.74, 6) is -1.15. The molecule has 2 aromatic carbocycles. The van der Waals surface area contributed by atoms with Gasteiger partial charge in [-0.15, -0.1) is 0 Å².